The summed E-state index contributed by atoms with van der Waals surface area (Å²) in [4.78, 5) is 55.2. The van der Waals surface area contributed by atoms with Gasteiger partial charge in [0.25, 0.3) is 0 Å². The number of aliphatic carboxylic acids is 1. The van der Waals surface area contributed by atoms with Crippen molar-refractivity contribution in [3.63, 3.8) is 0 Å². The molecule has 1 rings (SSSR count). The van der Waals surface area contributed by atoms with Crippen LogP contribution in [0.2, 0.25) is 0 Å². The SMILES string of the molecule is CCC(C)C(N)C(=O)NC(Cc1cnc[nH]1)C(=O)NC(C)C(=O)NC(CS)C(=O)O. The summed E-state index contributed by atoms with van der Waals surface area (Å²) >= 11 is 3.88. The number of H-pyrrole nitrogens is 1. The number of rotatable bonds is 12. The lowest BCUT2D eigenvalue weighted by molar-refractivity contribution is -0.141. The molecule has 5 unspecified atom stereocenters. The highest BCUT2D eigenvalue weighted by atomic mass is 32.1. The molecule has 5 atom stereocenters. The van der Waals surface area contributed by atoms with Gasteiger partial charge in [0.2, 0.25) is 17.7 Å². The fraction of sp³-hybridized carbons (Fsp3) is 0.611. The van der Waals surface area contributed by atoms with Crippen LogP contribution in [-0.4, -0.2) is 68.7 Å². The number of carboxylic acids is 1. The third-order valence-corrected chi connectivity index (χ3v) is 5.09. The molecular weight excluding hydrogens is 412 g/mol. The summed E-state index contributed by atoms with van der Waals surface area (Å²) in [5.41, 5.74) is 6.55. The van der Waals surface area contributed by atoms with E-state index in [-0.39, 0.29) is 18.1 Å². The first kappa shape index (κ1) is 25.4. The van der Waals surface area contributed by atoms with Gasteiger partial charge in [0.05, 0.1) is 12.4 Å². The molecule has 1 heterocycles. The Morgan fingerprint density at radius 3 is 2.27 bits per heavy atom. The minimum Gasteiger partial charge on any atom is -0.480 e. The Balaban J connectivity index is 2.85. The standard InChI is InChI=1S/C18H30N6O5S/c1-4-9(2)14(19)17(27)23-12(5-11-6-20-8-21-11)16(26)22-10(3)15(25)24-13(7-30)18(28)29/h6,8-10,12-14,30H,4-5,7,19H2,1-3H3,(H,20,21)(H,22,26)(H,23,27)(H,24,25)(H,28,29). The second-order valence-corrected chi connectivity index (χ2v) is 7.43. The molecule has 7 N–H and O–H groups in total. The van der Waals surface area contributed by atoms with E-state index in [1.54, 1.807) is 0 Å². The smallest absolute Gasteiger partial charge is 0.327 e. The summed E-state index contributed by atoms with van der Waals surface area (Å²) in [6.45, 7) is 5.15. The summed E-state index contributed by atoms with van der Waals surface area (Å²) in [5, 5.41) is 16.4. The van der Waals surface area contributed by atoms with Crippen LogP contribution in [0, 0.1) is 5.92 Å². The summed E-state index contributed by atoms with van der Waals surface area (Å²) < 4.78 is 0. The first-order valence-electron chi connectivity index (χ1n) is 9.58. The lowest BCUT2D eigenvalue weighted by Crippen LogP contribution is -2.57. The molecule has 1 aromatic rings. The van der Waals surface area contributed by atoms with Crippen molar-refractivity contribution in [2.75, 3.05) is 5.75 Å². The predicted octanol–water partition coefficient (Wildman–Crippen LogP) is -1.19. The van der Waals surface area contributed by atoms with E-state index in [2.05, 4.69) is 38.5 Å². The highest BCUT2D eigenvalue weighted by Crippen LogP contribution is 2.07. The monoisotopic (exact) mass is 442 g/mol. The van der Waals surface area contributed by atoms with E-state index in [1.807, 2.05) is 13.8 Å². The van der Waals surface area contributed by atoms with E-state index in [1.165, 1.54) is 19.4 Å². The molecule has 0 saturated carbocycles. The van der Waals surface area contributed by atoms with Crippen molar-refractivity contribution in [1.29, 1.82) is 0 Å². The number of aromatic nitrogens is 2. The molecule has 0 bridgehead atoms. The Labute approximate surface area is 180 Å². The van der Waals surface area contributed by atoms with Crippen LogP contribution < -0.4 is 21.7 Å². The van der Waals surface area contributed by atoms with Gasteiger partial charge in [-0.3, -0.25) is 14.4 Å². The van der Waals surface area contributed by atoms with E-state index >= 15 is 0 Å². The Morgan fingerprint density at radius 2 is 1.77 bits per heavy atom. The maximum absolute atomic E-state index is 12.8. The van der Waals surface area contributed by atoms with E-state index in [0.29, 0.717) is 12.1 Å². The van der Waals surface area contributed by atoms with Crippen LogP contribution in [0.4, 0.5) is 0 Å². The maximum Gasteiger partial charge on any atom is 0.327 e. The van der Waals surface area contributed by atoms with Gasteiger partial charge in [0.15, 0.2) is 0 Å². The quantitative estimate of drug-likeness (QED) is 0.199. The third kappa shape index (κ3) is 7.67. The average molecular weight is 443 g/mol. The molecule has 0 spiro atoms. The molecule has 0 radical (unpaired) electrons. The number of imidazole rings is 1. The first-order chi connectivity index (χ1) is 14.1. The summed E-state index contributed by atoms with van der Waals surface area (Å²) in [5.74, 6) is -3.21. The van der Waals surface area contributed by atoms with Gasteiger partial charge in [-0.15, -0.1) is 0 Å². The van der Waals surface area contributed by atoms with Gasteiger partial charge in [0, 0.05) is 24.1 Å². The molecule has 168 valence electrons. The highest BCUT2D eigenvalue weighted by molar-refractivity contribution is 7.80. The number of carbonyl (C=O) groups excluding carboxylic acids is 3. The minimum atomic E-state index is -1.24. The van der Waals surface area contributed by atoms with E-state index in [0.717, 1.165) is 0 Å². The molecule has 0 aliphatic rings. The van der Waals surface area contributed by atoms with E-state index in [4.69, 9.17) is 10.8 Å². The van der Waals surface area contributed by atoms with Gasteiger partial charge in [-0.05, 0) is 12.8 Å². The second kappa shape index (κ2) is 12.2. The van der Waals surface area contributed by atoms with Crippen molar-refractivity contribution in [2.45, 2.75) is 57.8 Å². The molecule has 30 heavy (non-hydrogen) atoms. The largest absolute Gasteiger partial charge is 0.480 e. The van der Waals surface area contributed by atoms with Crippen LogP contribution >= 0.6 is 12.6 Å². The number of hydrogen-bond acceptors (Lipinski definition) is 7. The van der Waals surface area contributed by atoms with Crippen molar-refractivity contribution in [2.24, 2.45) is 11.7 Å². The molecule has 11 nitrogen and oxygen atoms in total. The lowest BCUT2D eigenvalue weighted by atomic mass is 9.98. The first-order valence-corrected chi connectivity index (χ1v) is 10.2. The normalized spacial score (nSPS) is 15.9. The summed E-state index contributed by atoms with van der Waals surface area (Å²) in [7, 11) is 0. The molecule has 0 saturated heterocycles. The molecular formula is C18H30N6O5S. The Morgan fingerprint density at radius 1 is 1.13 bits per heavy atom. The van der Waals surface area contributed by atoms with Crippen LogP contribution in [-0.2, 0) is 25.6 Å². The van der Waals surface area contributed by atoms with Crippen LogP contribution in [0.5, 0.6) is 0 Å². The number of nitrogens with zero attached hydrogens (tertiary/aromatic N) is 1. The summed E-state index contributed by atoms with van der Waals surface area (Å²) in [6, 6.07) is -4.03. The number of aromatic amines is 1. The topological polar surface area (TPSA) is 179 Å². The molecule has 0 aromatic carbocycles. The van der Waals surface area contributed by atoms with Crippen molar-refractivity contribution >= 4 is 36.3 Å². The predicted molar refractivity (Wildman–Crippen MR) is 113 cm³/mol. The van der Waals surface area contributed by atoms with Gasteiger partial charge in [-0.25, -0.2) is 9.78 Å². The number of nitrogens with two attached hydrogens (primary N) is 1. The third-order valence-electron chi connectivity index (χ3n) is 4.72. The van der Waals surface area contributed by atoms with Crippen molar-refractivity contribution in [3.8, 4) is 0 Å². The Kier molecular flexibility index (Phi) is 10.3. The fourth-order valence-corrected chi connectivity index (χ4v) is 2.71. The lowest BCUT2D eigenvalue weighted by Gasteiger charge is -2.24. The van der Waals surface area contributed by atoms with Gasteiger partial charge in [0.1, 0.15) is 18.1 Å². The van der Waals surface area contributed by atoms with E-state index in [9.17, 15) is 19.2 Å². The molecule has 0 aliphatic heterocycles. The van der Waals surface area contributed by atoms with Crippen LogP contribution in [0.15, 0.2) is 12.5 Å². The van der Waals surface area contributed by atoms with Crippen LogP contribution in [0.1, 0.15) is 32.9 Å². The molecule has 0 fully saturated rings. The Bertz CT molecular complexity index is 729. The van der Waals surface area contributed by atoms with Crippen LogP contribution in [0.25, 0.3) is 0 Å². The number of thiol groups is 1. The number of carbonyl (C=O) groups is 4. The molecule has 12 heteroatoms. The van der Waals surface area contributed by atoms with E-state index < -0.39 is 47.9 Å². The summed E-state index contributed by atoms with van der Waals surface area (Å²) in [6.07, 6.45) is 3.75. The number of amides is 3. The zero-order valence-electron chi connectivity index (χ0n) is 17.2. The van der Waals surface area contributed by atoms with Gasteiger partial charge in [-0.2, -0.15) is 12.6 Å². The van der Waals surface area contributed by atoms with Gasteiger partial charge < -0.3 is 31.8 Å². The molecule has 0 aliphatic carbocycles. The number of carboxylic acid groups (broad SMARTS) is 1. The van der Waals surface area contributed by atoms with Crippen molar-refractivity contribution in [1.82, 2.24) is 25.9 Å². The van der Waals surface area contributed by atoms with Crippen molar-refractivity contribution < 1.29 is 24.3 Å². The Hall–Kier alpha value is -2.60. The second-order valence-electron chi connectivity index (χ2n) is 7.07. The average Bonchev–Trinajstić information content (AvgIpc) is 3.22. The van der Waals surface area contributed by atoms with Crippen LogP contribution in [0.3, 0.4) is 0 Å². The molecule has 3 amide bonds. The number of hydrogen-bond donors (Lipinski definition) is 7. The zero-order chi connectivity index (χ0) is 22.8. The molecule has 1 aromatic heterocycles. The van der Waals surface area contributed by atoms with Gasteiger partial charge in [-0.1, -0.05) is 20.3 Å². The fourth-order valence-electron chi connectivity index (χ4n) is 2.47. The minimum absolute atomic E-state index is 0.0836. The van der Waals surface area contributed by atoms with Crippen molar-refractivity contribution in [3.05, 3.63) is 18.2 Å². The zero-order valence-corrected chi connectivity index (χ0v) is 18.1. The number of nitrogens with one attached hydrogen (secondary N) is 4. The van der Waals surface area contributed by atoms with Gasteiger partial charge >= 0.3 is 5.97 Å². The maximum atomic E-state index is 12.8. The highest BCUT2D eigenvalue weighted by Gasteiger charge is 2.29.